The van der Waals surface area contributed by atoms with Crippen LogP contribution in [0.25, 0.3) is 21.9 Å². The zero-order valence-corrected chi connectivity index (χ0v) is 15.1. The topological polar surface area (TPSA) is 94.1 Å². The van der Waals surface area contributed by atoms with Gasteiger partial charge in [0, 0.05) is 35.8 Å². The van der Waals surface area contributed by atoms with E-state index in [0.717, 1.165) is 47.8 Å². The molecule has 7 nitrogen and oxygen atoms in total. The fraction of sp³-hybridized carbons (Fsp3) is 0.350. The summed E-state index contributed by atoms with van der Waals surface area (Å²) in [7, 11) is 0. The number of nitrogens with one attached hydrogen (secondary N) is 2. The van der Waals surface area contributed by atoms with Crippen LogP contribution in [-0.4, -0.2) is 57.3 Å². The highest BCUT2D eigenvalue weighted by atomic mass is 16.3. The van der Waals surface area contributed by atoms with Gasteiger partial charge in [-0.15, -0.1) is 0 Å². The number of likely N-dealkylation sites (tertiary alicyclic amines) is 1. The van der Waals surface area contributed by atoms with Crippen molar-refractivity contribution in [1.82, 2.24) is 20.1 Å². The maximum absolute atomic E-state index is 12.6. The Balaban J connectivity index is 1.46. The number of rotatable bonds is 5. The fourth-order valence-corrected chi connectivity index (χ4v) is 3.59. The number of hydrogen-bond donors (Lipinski definition) is 3. The first-order valence-electron chi connectivity index (χ1n) is 9.26. The zero-order chi connectivity index (χ0) is 18.6. The predicted molar refractivity (Wildman–Crippen MR) is 104 cm³/mol. The fourth-order valence-electron chi connectivity index (χ4n) is 3.59. The number of fused-ring (bicyclic) bond motifs is 1. The number of piperidine rings is 1. The number of aromatic amines is 1. The third-order valence-corrected chi connectivity index (χ3v) is 5.18. The smallest absolute Gasteiger partial charge is 0.228 e. The summed E-state index contributed by atoms with van der Waals surface area (Å²) in [4.78, 5) is 19.2. The van der Waals surface area contributed by atoms with Gasteiger partial charge in [0.25, 0.3) is 0 Å². The number of nitrogens with zero attached hydrogens (tertiary/aromatic N) is 3. The first kappa shape index (κ1) is 17.6. The molecule has 1 aliphatic heterocycles. The molecule has 3 heterocycles. The molecule has 1 aromatic carbocycles. The van der Waals surface area contributed by atoms with E-state index in [4.69, 9.17) is 5.11 Å². The lowest BCUT2D eigenvalue weighted by atomic mass is 9.96. The monoisotopic (exact) mass is 365 g/mol. The van der Waals surface area contributed by atoms with Crippen LogP contribution in [0.15, 0.2) is 42.9 Å². The van der Waals surface area contributed by atoms with E-state index in [9.17, 15) is 4.79 Å². The van der Waals surface area contributed by atoms with Gasteiger partial charge < -0.3 is 15.3 Å². The minimum Gasteiger partial charge on any atom is -0.395 e. The van der Waals surface area contributed by atoms with Gasteiger partial charge >= 0.3 is 0 Å². The summed E-state index contributed by atoms with van der Waals surface area (Å²) in [5.41, 5.74) is 2.09. The Morgan fingerprint density at radius 3 is 2.78 bits per heavy atom. The van der Waals surface area contributed by atoms with Crippen molar-refractivity contribution in [3.05, 3.63) is 42.9 Å². The van der Waals surface area contributed by atoms with Crippen LogP contribution in [0, 0.1) is 5.92 Å². The van der Waals surface area contributed by atoms with Crippen LogP contribution in [0.5, 0.6) is 0 Å². The summed E-state index contributed by atoms with van der Waals surface area (Å²) in [6.45, 7) is 2.54. The lowest BCUT2D eigenvalue weighted by Gasteiger charge is -2.30. The number of carbonyl (C=O) groups is 1. The van der Waals surface area contributed by atoms with Gasteiger partial charge in [-0.05, 0) is 49.0 Å². The van der Waals surface area contributed by atoms with Gasteiger partial charge in [-0.2, -0.15) is 5.10 Å². The van der Waals surface area contributed by atoms with Gasteiger partial charge in [-0.3, -0.25) is 9.89 Å². The summed E-state index contributed by atoms with van der Waals surface area (Å²) < 4.78 is 0. The molecule has 1 amide bonds. The van der Waals surface area contributed by atoms with Gasteiger partial charge in [0.05, 0.1) is 12.8 Å². The van der Waals surface area contributed by atoms with Crippen molar-refractivity contribution in [2.24, 2.45) is 5.92 Å². The Labute approximate surface area is 157 Å². The highest BCUT2D eigenvalue weighted by molar-refractivity contribution is 5.95. The van der Waals surface area contributed by atoms with Crippen LogP contribution >= 0.6 is 0 Å². The molecule has 1 saturated heterocycles. The molecule has 0 atom stereocenters. The molecule has 0 saturated carbocycles. The molecule has 140 valence electrons. The number of aliphatic hydroxyl groups is 1. The number of carbonyl (C=O) groups excluding carboxylic acids is 1. The first-order chi connectivity index (χ1) is 13.2. The normalized spacial score (nSPS) is 15.9. The van der Waals surface area contributed by atoms with Crippen molar-refractivity contribution < 1.29 is 9.90 Å². The largest absolute Gasteiger partial charge is 0.395 e. The standard InChI is InChI=1S/C20H23N5O2/c26-8-7-25-5-3-14(4-6-25)20(27)24-19-10-17-9-15(18-12-22-23-13-18)1-2-16(17)11-21-19/h1-2,9-14,26H,3-8H2,(H,22,23)(H,21,24,27). The van der Waals surface area contributed by atoms with E-state index in [1.807, 2.05) is 24.4 Å². The molecule has 0 bridgehead atoms. The number of H-pyrrole nitrogens is 1. The summed E-state index contributed by atoms with van der Waals surface area (Å²) in [6.07, 6.45) is 7.05. The van der Waals surface area contributed by atoms with Crippen molar-refractivity contribution in [2.45, 2.75) is 12.8 Å². The number of hydrogen-bond acceptors (Lipinski definition) is 5. The van der Waals surface area contributed by atoms with Crippen molar-refractivity contribution in [2.75, 3.05) is 31.6 Å². The van der Waals surface area contributed by atoms with Crippen LogP contribution in [0.2, 0.25) is 0 Å². The summed E-state index contributed by atoms with van der Waals surface area (Å²) in [5.74, 6) is 0.598. The van der Waals surface area contributed by atoms with E-state index in [1.54, 1.807) is 12.4 Å². The Hall–Kier alpha value is -2.77. The SMILES string of the molecule is O=C(Nc1cc2cc(-c3cn[nH]c3)ccc2cn1)C1CCN(CCO)CC1. The molecule has 3 N–H and O–H groups in total. The number of aliphatic hydroxyl groups excluding tert-OH is 1. The predicted octanol–water partition coefficient (Wildman–Crippen LogP) is 2.27. The number of aromatic nitrogens is 3. The third-order valence-electron chi connectivity index (χ3n) is 5.18. The Bertz CT molecular complexity index is 917. The van der Waals surface area contributed by atoms with Gasteiger partial charge in [-0.25, -0.2) is 4.98 Å². The van der Waals surface area contributed by atoms with Gasteiger partial charge in [-0.1, -0.05) is 12.1 Å². The molecule has 27 heavy (non-hydrogen) atoms. The van der Waals surface area contributed by atoms with Crippen LogP contribution in [0.4, 0.5) is 5.82 Å². The molecule has 0 unspecified atom stereocenters. The highest BCUT2D eigenvalue weighted by Gasteiger charge is 2.24. The lowest BCUT2D eigenvalue weighted by molar-refractivity contribution is -0.121. The zero-order valence-electron chi connectivity index (χ0n) is 15.1. The van der Waals surface area contributed by atoms with E-state index >= 15 is 0 Å². The molecule has 1 fully saturated rings. The minimum absolute atomic E-state index is 0.00490. The van der Waals surface area contributed by atoms with Crippen molar-refractivity contribution in [3.8, 4) is 11.1 Å². The second-order valence-electron chi connectivity index (χ2n) is 6.95. The summed E-state index contributed by atoms with van der Waals surface area (Å²) in [5, 5.41) is 20.9. The molecule has 2 aromatic heterocycles. The van der Waals surface area contributed by atoms with E-state index in [-0.39, 0.29) is 18.4 Å². The summed E-state index contributed by atoms with van der Waals surface area (Å²) in [6, 6.07) is 8.04. The number of anilines is 1. The quantitative estimate of drug-likeness (QED) is 0.645. The molecule has 3 aromatic rings. The van der Waals surface area contributed by atoms with Crippen LogP contribution in [0.3, 0.4) is 0 Å². The number of amides is 1. The Morgan fingerprint density at radius 2 is 2.04 bits per heavy atom. The second kappa shape index (κ2) is 7.85. The first-order valence-corrected chi connectivity index (χ1v) is 9.26. The van der Waals surface area contributed by atoms with Gasteiger partial charge in [0.2, 0.25) is 5.91 Å². The number of β-amino-alcohol motifs (C(OH)–C–C–N with tert-alkyl or cyclic N) is 1. The maximum Gasteiger partial charge on any atom is 0.228 e. The van der Waals surface area contributed by atoms with Gasteiger partial charge in [0.15, 0.2) is 0 Å². The molecule has 0 radical (unpaired) electrons. The van der Waals surface area contributed by atoms with Gasteiger partial charge in [0.1, 0.15) is 5.82 Å². The van der Waals surface area contributed by atoms with E-state index < -0.39 is 0 Å². The van der Waals surface area contributed by atoms with Crippen LogP contribution in [-0.2, 0) is 4.79 Å². The second-order valence-corrected chi connectivity index (χ2v) is 6.95. The molecule has 1 aliphatic rings. The molecule has 0 spiro atoms. The van der Waals surface area contributed by atoms with Crippen LogP contribution < -0.4 is 5.32 Å². The molecular formula is C20H23N5O2. The lowest BCUT2D eigenvalue weighted by Crippen LogP contribution is -2.39. The number of pyridine rings is 1. The van der Waals surface area contributed by atoms with Crippen LogP contribution in [0.1, 0.15) is 12.8 Å². The molecule has 0 aliphatic carbocycles. The Morgan fingerprint density at radius 1 is 1.19 bits per heavy atom. The third kappa shape index (κ3) is 3.99. The van der Waals surface area contributed by atoms with Crippen molar-refractivity contribution >= 4 is 22.5 Å². The maximum atomic E-state index is 12.6. The molecule has 7 heteroatoms. The van der Waals surface area contributed by atoms with E-state index in [2.05, 4.69) is 31.5 Å². The number of benzene rings is 1. The van der Waals surface area contributed by atoms with E-state index in [1.165, 1.54) is 0 Å². The summed E-state index contributed by atoms with van der Waals surface area (Å²) >= 11 is 0. The van der Waals surface area contributed by atoms with Crippen molar-refractivity contribution in [3.63, 3.8) is 0 Å². The average Bonchev–Trinajstić information content (AvgIpc) is 3.23. The Kier molecular flexibility index (Phi) is 5.13. The molecular weight excluding hydrogens is 342 g/mol. The average molecular weight is 365 g/mol. The molecule has 4 rings (SSSR count). The highest BCUT2D eigenvalue weighted by Crippen LogP contribution is 2.25. The minimum atomic E-state index is -0.00490. The van der Waals surface area contributed by atoms with Crippen molar-refractivity contribution in [1.29, 1.82) is 0 Å². The van der Waals surface area contributed by atoms with E-state index in [0.29, 0.717) is 12.4 Å².